The van der Waals surface area contributed by atoms with Crippen LogP contribution in [0.25, 0.3) is 0 Å². The molecule has 0 aromatic heterocycles. The van der Waals surface area contributed by atoms with Gasteiger partial charge in [-0.2, -0.15) is 0 Å². The van der Waals surface area contributed by atoms with E-state index in [4.69, 9.17) is 10.5 Å². The third kappa shape index (κ3) is 5.05. The standard InChI is InChI=1S/C17H26N2O2/c1-12(2)9-10-21-15-7-5-14(6-8-15)17(20)19-16(11-18)13-3-4-13/h5-8,12-13,16H,3-4,9-11,18H2,1-2H3,(H,19,20). The molecule has 1 saturated carbocycles. The molecule has 4 nitrogen and oxygen atoms in total. The Bertz CT molecular complexity index is 452. The van der Waals surface area contributed by atoms with Crippen LogP contribution in [0, 0.1) is 11.8 Å². The predicted molar refractivity (Wildman–Crippen MR) is 84.4 cm³/mol. The SMILES string of the molecule is CC(C)CCOc1ccc(C(=O)NC(CN)C2CC2)cc1. The van der Waals surface area contributed by atoms with Crippen LogP contribution >= 0.6 is 0 Å². The molecule has 21 heavy (non-hydrogen) atoms. The average molecular weight is 290 g/mol. The Morgan fingerprint density at radius 1 is 1.33 bits per heavy atom. The molecule has 0 saturated heterocycles. The first kappa shape index (κ1) is 15.8. The third-order valence-electron chi connectivity index (χ3n) is 3.84. The van der Waals surface area contributed by atoms with Gasteiger partial charge in [-0.3, -0.25) is 4.79 Å². The highest BCUT2D eigenvalue weighted by atomic mass is 16.5. The van der Waals surface area contributed by atoms with Gasteiger partial charge in [0.2, 0.25) is 0 Å². The lowest BCUT2D eigenvalue weighted by Crippen LogP contribution is -2.41. The molecule has 116 valence electrons. The van der Waals surface area contributed by atoms with Crippen molar-refractivity contribution in [2.24, 2.45) is 17.6 Å². The second-order valence-electron chi connectivity index (χ2n) is 6.21. The van der Waals surface area contributed by atoms with Gasteiger partial charge in [-0.1, -0.05) is 13.8 Å². The summed E-state index contributed by atoms with van der Waals surface area (Å²) in [5.41, 5.74) is 6.37. The molecule has 0 heterocycles. The largest absolute Gasteiger partial charge is 0.494 e. The summed E-state index contributed by atoms with van der Waals surface area (Å²) >= 11 is 0. The summed E-state index contributed by atoms with van der Waals surface area (Å²) in [5, 5.41) is 3.02. The van der Waals surface area contributed by atoms with E-state index in [1.165, 1.54) is 12.8 Å². The number of hydrogen-bond donors (Lipinski definition) is 2. The Hall–Kier alpha value is -1.55. The summed E-state index contributed by atoms with van der Waals surface area (Å²) in [6.07, 6.45) is 3.37. The van der Waals surface area contributed by atoms with Crippen molar-refractivity contribution in [1.82, 2.24) is 5.32 Å². The molecule has 1 atom stereocenters. The van der Waals surface area contributed by atoms with Gasteiger partial charge in [0.05, 0.1) is 6.61 Å². The molecule has 0 radical (unpaired) electrons. The lowest BCUT2D eigenvalue weighted by Gasteiger charge is -2.16. The van der Waals surface area contributed by atoms with Gasteiger partial charge in [0.25, 0.3) is 5.91 Å². The maximum Gasteiger partial charge on any atom is 0.251 e. The molecule has 0 aliphatic heterocycles. The van der Waals surface area contributed by atoms with E-state index in [1.54, 1.807) is 12.1 Å². The normalized spacial score (nSPS) is 15.8. The number of carbonyl (C=O) groups is 1. The molecule has 4 heteroatoms. The fourth-order valence-corrected chi connectivity index (χ4v) is 2.23. The molecular formula is C17H26N2O2. The summed E-state index contributed by atoms with van der Waals surface area (Å²) in [7, 11) is 0. The van der Waals surface area contributed by atoms with Gasteiger partial charge in [-0.15, -0.1) is 0 Å². The number of benzene rings is 1. The summed E-state index contributed by atoms with van der Waals surface area (Å²) in [6.45, 7) is 5.56. The smallest absolute Gasteiger partial charge is 0.251 e. The number of ether oxygens (including phenoxy) is 1. The zero-order chi connectivity index (χ0) is 15.2. The second kappa shape index (κ2) is 7.46. The summed E-state index contributed by atoms with van der Waals surface area (Å²) < 4.78 is 5.65. The first-order chi connectivity index (χ1) is 10.1. The molecular weight excluding hydrogens is 264 g/mol. The molecule has 3 N–H and O–H groups in total. The molecule has 1 aliphatic carbocycles. The highest BCUT2D eigenvalue weighted by Gasteiger charge is 2.31. The van der Waals surface area contributed by atoms with Crippen LogP contribution < -0.4 is 15.8 Å². The van der Waals surface area contributed by atoms with E-state index in [-0.39, 0.29) is 11.9 Å². The lowest BCUT2D eigenvalue weighted by atomic mass is 10.1. The van der Waals surface area contributed by atoms with Crippen LogP contribution in [0.4, 0.5) is 0 Å². The fraction of sp³-hybridized carbons (Fsp3) is 0.588. The molecule has 1 unspecified atom stereocenters. The second-order valence-corrected chi connectivity index (χ2v) is 6.21. The lowest BCUT2D eigenvalue weighted by molar-refractivity contribution is 0.0933. The van der Waals surface area contributed by atoms with Crippen molar-refractivity contribution in [3.05, 3.63) is 29.8 Å². The zero-order valence-electron chi connectivity index (χ0n) is 13.0. The van der Waals surface area contributed by atoms with E-state index in [0.29, 0.717) is 30.6 Å². The minimum Gasteiger partial charge on any atom is -0.494 e. The van der Waals surface area contributed by atoms with Crippen molar-refractivity contribution >= 4 is 5.91 Å². The number of rotatable bonds is 8. The highest BCUT2D eigenvalue weighted by molar-refractivity contribution is 5.94. The van der Waals surface area contributed by atoms with Crippen molar-refractivity contribution in [1.29, 1.82) is 0 Å². The topological polar surface area (TPSA) is 64.3 Å². The maximum atomic E-state index is 12.2. The zero-order valence-corrected chi connectivity index (χ0v) is 13.0. The number of amides is 1. The summed E-state index contributed by atoms with van der Waals surface area (Å²) in [5.74, 6) is 1.96. The van der Waals surface area contributed by atoms with Crippen LogP contribution in [0.1, 0.15) is 43.5 Å². The summed E-state index contributed by atoms with van der Waals surface area (Å²) in [6, 6.07) is 7.42. The molecule has 1 fully saturated rings. The van der Waals surface area contributed by atoms with E-state index in [1.807, 2.05) is 12.1 Å². The van der Waals surface area contributed by atoms with Crippen LogP contribution in [0.5, 0.6) is 5.75 Å². The monoisotopic (exact) mass is 290 g/mol. The first-order valence-corrected chi connectivity index (χ1v) is 7.84. The maximum absolute atomic E-state index is 12.2. The van der Waals surface area contributed by atoms with Crippen LogP contribution in [0.15, 0.2) is 24.3 Å². The number of nitrogens with two attached hydrogens (primary N) is 1. The fourth-order valence-electron chi connectivity index (χ4n) is 2.23. The molecule has 0 spiro atoms. The van der Waals surface area contributed by atoms with Gasteiger partial charge >= 0.3 is 0 Å². The molecule has 1 amide bonds. The van der Waals surface area contributed by atoms with Gasteiger partial charge in [-0.05, 0) is 55.4 Å². The van der Waals surface area contributed by atoms with E-state index < -0.39 is 0 Å². The minimum atomic E-state index is -0.0499. The van der Waals surface area contributed by atoms with Crippen LogP contribution in [0.3, 0.4) is 0 Å². The van der Waals surface area contributed by atoms with Gasteiger partial charge in [0, 0.05) is 18.2 Å². The number of nitrogens with one attached hydrogen (secondary N) is 1. The van der Waals surface area contributed by atoms with Crippen molar-refractivity contribution in [2.45, 2.75) is 39.2 Å². The molecule has 2 rings (SSSR count). The molecule has 0 bridgehead atoms. The van der Waals surface area contributed by atoms with E-state index in [0.717, 1.165) is 12.2 Å². The van der Waals surface area contributed by atoms with Gasteiger partial charge < -0.3 is 15.8 Å². The van der Waals surface area contributed by atoms with Crippen molar-refractivity contribution in [2.75, 3.05) is 13.2 Å². The highest BCUT2D eigenvalue weighted by Crippen LogP contribution is 2.32. The van der Waals surface area contributed by atoms with Gasteiger partial charge in [0.15, 0.2) is 0 Å². The molecule has 1 aromatic carbocycles. The van der Waals surface area contributed by atoms with Crippen molar-refractivity contribution in [3.8, 4) is 5.75 Å². The summed E-state index contributed by atoms with van der Waals surface area (Å²) in [4.78, 5) is 12.2. The molecule has 1 aliphatic rings. The molecule has 1 aromatic rings. The number of hydrogen-bond acceptors (Lipinski definition) is 3. The van der Waals surface area contributed by atoms with E-state index in [2.05, 4.69) is 19.2 Å². The first-order valence-electron chi connectivity index (χ1n) is 7.84. The van der Waals surface area contributed by atoms with E-state index in [9.17, 15) is 4.79 Å². The van der Waals surface area contributed by atoms with E-state index >= 15 is 0 Å². The van der Waals surface area contributed by atoms with Crippen molar-refractivity contribution in [3.63, 3.8) is 0 Å². The predicted octanol–water partition coefficient (Wildman–Crippen LogP) is 2.58. The van der Waals surface area contributed by atoms with Crippen LogP contribution in [-0.2, 0) is 0 Å². The third-order valence-corrected chi connectivity index (χ3v) is 3.84. The Labute approximate surface area is 127 Å². The average Bonchev–Trinajstić information content (AvgIpc) is 3.29. The van der Waals surface area contributed by atoms with Crippen molar-refractivity contribution < 1.29 is 9.53 Å². The number of carbonyl (C=O) groups excluding carboxylic acids is 1. The van der Waals surface area contributed by atoms with Gasteiger partial charge in [-0.25, -0.2) is 0 Å². The van der Waals surface area contributed by atoms with Crippen LogP contribution in [0.2, 0.25) is 0 Å². The van der Waals surface area contributed by atoms with Crippen LogP contribution in [-0.4, -0.2) is 25.1 Å². The Morgan fingerprint density at radius 2 is 2.00 bits per heavy atom. The quantitative estimate of drug-likeness (QED) is 0.773. The van der Waals surface area contributed by atoms with Gasteiger partial charge in [0.1, 0.15) is 5.75 Å². The Balaban J connectivity index is 1.84. The Kier molecular flexibility index (Phi) is 5.62. The Morgan fingerprint density at radius 3 is 2.52 bits per heavy atom. The minimum absolute atomic E-state index is 0.0499.